The SMILES string of the molecule is CC(=O)NC(C1=Cc2cccnc2[C@@H](N2CCN(C(=O)OC(C)C)CC2)c2ccc(Cl)cc21)c1cncn1C. The van der Waals surface area contributed by atoms with Crippen molar-refractivity contribution < 1.29 is 14.3 Å². The Labute approximate surface area is 233 Å². The number of rotatable bonds is 5. The number of nitrogens with one attached hydrogen (secondary N) is 1. The molecule has 2 aliphatic rings. The van der Waals surface area contributed by atoms with E-state index in [9.17, 15) is 9.59 Å². The zero-order valence-electron chi connectivity index (χ0n) is 22.6. The first-order valence-electron chi connectivity index (χ1n) is 13.1. The van der Waals surface area contributed by atoms with Crippen molar-refractivity contribution in [3.05, 3.63) is 82.2 Å². The molecule has 3 aromatic rings. The number of benzene rings is 1. The van der Waals surface area contributed by atoms with E-state index in [4.69, 9.17) is 21.3 Å². The second-order valence-electron chi connectivity index (χ2n) is 10.2. The predicted octanol–water partition coefficient (Wildman–Crippen LogP) is 4.45. The van der Waals surface area contributed by atoms with Gasteiger partial charge in [0.2, 0.25) is 5.91 Å². The second-order valence-corrected chi connectivity index (χ2v) is 10.7. The van der Waals surface area contributed by atoms with Crippen molar-refractivity contribution in [2.24, 2.45) is 7.05 Å². The van der Waals surface area contributed by atoms with E-state index >= 15 is 0 Å². The molecule has 1 aliphatic carbocycles. The maximum atomic E-state index is 12.5. The van der Waals surface area contributed by atoms with Crippen LogP contribution < -0.4 is 5.32 Å². The van der Waals surface area contributed by atoms with Gasteiger partial charge in [0, 0.05) is 51.4 Å². The summed E-state index contributed by atoms with van der Waals surface area (Å²) in [6, 6.07) is 9.25. The number of piperazine rings is 1. The van der Waals surface area contributed by atoms with Crippen LogP contribution in [0, 0.1) is 0 Å². The Morgan fingerprint density at radius 3 is 2.59 bits per heavy atom. The Kier molecular flexibility index (Phi) is 7.72. The summed E-state index contributed by atoms with van der Waals surface area (Å²) in [4.78, 5) is 38.2. The average molecular weight is 549 g/mol. The molecule has 1 N–H and O–H groups in total. The highest BCUT2D eigenvalue weighted by Crippen LogP contribution is 2.44. The lowest BCUT2D eigenvalue weighted by atomic mass is 9.89. The minimum absolute atomic E-state index is 0.151. The molecule has 204 valence electrons. The molecular weight excluding hydrogens is 516 g/mol. The summed E-state index contributed by atoms with van der Waals surface area (Å²) in [5.41, 5.74) is 5.61. The number of aromatic nitrogens is 3. The summed E-state index contributed by atoms with van der Waals surface area (Å²) in [5.74, 6) is -0.151. The Morgan fingerprint density at radius 2 is 1.92 bits per heavy atom. The van der Waals surface area contributed by atoms with E-state index in [1.54, 1.807) is 17.4 Å². The van der Waals surface area contributed by atoms with Crippen LogP contribution >= 0.6 is 11.6 Å². The number of halogens is 1. The number of hydrogen-bond donors (Lipinski definition) is 1. The van der Waals surface area contributed by atoms with Gasteiger partial charge in [-0.3, -0.25) is 14.7 Å². The minimum atomic E-state index is -0.457. The molecule has 1 aliphatic heterocycles. The molecule has 39 heavy (non-hydrogen) atoms. The molecule has 2 aromatic heterocycles. The summed E-state index contributed by atoms with van der Waals surface area (Å²) in [5, 5.41) is 3.74. The van der Waals surface area contributed by atoms with E-state index in [0.717, 1.165) is 33.7 Å². The number of carbonyl (C=O) groups is 2. The fourth-order valence-electron chi connectivity index (χ4n) is 5.40. The molecule has 10 heteroatoms. The van der Waals surface area contributed by atoms with E-state index in [2.05, 4.69) is 21.3 Å². The molecule has 0 saturated carbocycles. The first-order chi connectivity index (χ1) is 18.7. The number of imidazole rings is 1. The first-order valence-corrected chi connectivity index (χ1v) is 13.5. The van der Waals surface area contributed by atoms with Gasteiger partial charge in [0.1, 0.15) is 0 Å². The van der Waals surface area contributed by atoms with Gasteiger partial charge in [0.25, 0.3) is 0 Å². The van der Waals surface area contributed by atoms with E-state index in [-0.39, 0.29) is 24.1 Å². The number of carbonyl (C=O) groups excluding carboxylic acids is 2. The number of fused-ring (bicyclic) bond motifs is 2. The second kappa shape index (κ2) is 11.2. The molecule has 0 radical (unpaired) electrons. The normalized spacial score (nSPS) is 18.1. The van der Waals surface area contributed by atoms with Gasteiger partial charge >= 0.3 is 6.09 Å². The summed E-state index contributed by atoms with van der Waals surface area (Å²) >= 11 is 6.58. The molecule has 2 amide bonds. The van der Waals surface area contributed by atoms with Crippen molar-refractivity contribution in [2.75, 3.05) is 26.2 Å². The number of amides is 2. The highest BCUT2D eigenvalue weighted by atomic mass is 35.5. The van der Waals surface area contributed by atoms with Gasteiger partial charge in [-0.15, -0.1) is 0 Å². The topological polar surface area (TPSA) is 92.6 Å². The third kappa shape index (κ3) is 5.55. The van der Waals surface area contributed by atoms with Crippen LogP contribution in [0.25, 0.3) is 11.6 Å². The van der Waals surface area contributed by atoms with Crippen molar-refractivity contribution in [3.8, 4) is 0 Å². The monoisotopic (exact) mass is 548 g/mol. The van der Waals surface area contributed by atoms with Gasteiger partial charge in [-0.05, 0) is 60.4 Å². The molecule has 5 rings (SSSR count). The fraction of sp³-hybridized carbons (Fsp3) is 0.379. The smallest absolute Gasteiger partial charge is 0.410 e. The zero-order chi connectivity index (χ0) is 27.7. The highest BCUT2D eigenvalue weighted by Gasteiger charge is 2.36. The quantitative estimate of drug-likeness (QED) is 0.506. The Hall–Kier alpha value is -3.69. The van der Waals surface area contributed by atoms with E-state index in [1.165, 1.54) is 6.92 Å². The van der Waals surface area contributed by atoms with Crippen LogP contribution in [0.2, 0.25) is 5.02 Å². The lowest BCUT2D eigenvalue weighted by Gasteiger charge is -2.39. The number of pyridine rings is 1. The Balaban J connectivity index is 1.60. The lowest BCUT2D eigenvalue weighted by Crippen LogP contribution is -2.50. The molecule has 2 atom stereocenters. The van der Waals surface area contributed by atoms with Crippen LogP contribution in [0.3, 0.4) is 0 Å². The van der Waals surface area contributed by atoms with Crippen molar-refractivity contribution in [1.82, 2.24) is 29.7 Å². The van der Waals surface area contributed by atoms with Gasteiger partial charge < -0.3 is 19.5 Å². The third-order valence-corrected chi connectivity index (χ3v) is 7.38. The maximum absolute atomic E-state index is 12.5. The largest absolute Gasteiger partial charge is 0.447 e. The molecule has 1 unspecified atom stereocenters. The summed E-state index contributed by atoms with van der Waals surface area (Å²) in [6.45, 7) is 7.64. The van der Waals surface area contributed by atoms with Crippen molar-refractivity contribution in [1.29, 1.82) is 0 Å². The number of aryl methyl sites for hydroxylation is 1. The van der Waals surface area contributed by atoms with E-state index in [0.29, 0.717) is 31.2 Å². The van der Waals surface area contributed by atoms with Crippen molar-refractivity contribution in [3.63, 3.8) is 0 Å². The summed E-state index contributed by atoms with van der Waals surface area (Å²) in [6.07, 6.45) is 6.96. The molecule has 0 bridgehead atoms. The summed E-state index contributed by atoms with van der Waals surface area (Å²) < 4.78 is 7.34. The van der Waals surface area contributed by atoms with Crippen molar-refractivity contribution >= 4 is 35.3 Å². The molecular formula is C29H33ClN6O3. The third-order valence-electron chi connectivity index (χ3n) is 7.14. The Bertz CT molecular complexity index is 1410. The van der Waals surface area contributed by atoms with Crippen LogP contribution in [0.15, 0.2) is 49.1 Å². The number of hydrogen-bond acceptors (Lipinski definition) is 6. The molecule has 1 fully saturated rings. The van der Waals surface area contributed by atoms with Gasteiger partial charge in [0.05, 0.1) is 42.1 Å². The molecule has 0 spiro atoms. The minimum Gasteiger partial charge on any atom is -0.447 e. The van der Waals surface area contributed by atoms with Gasteiger partial charge in [-0.25, -0.2) is 9.78 Å². The maximum Gasteiger partial charge on any atom is 0.410 e. The first kappa shape index (κ1) is 26.9. The number of nitrogens with zero attached hydrogens (tertiary/aromatic N) is 5. The fourth-order valence-corrected chi connectivity index (χ4v) is 5.57. The number of ether oxygens (including phenoxy) is 1. The average Bonchev–Trinajstić information content (AvgIpc) is 3.27. The van der Waals surface area contributed by atoms with Crippen LogP contribution in [0.5, 0.6) is 0 Å². The highest BCUT2D eigenvalue weighted by molar-refractivity contribution is 6.30. The Morgan fingerprint density at radius 1 is 1.15 bits per heavy atom. The van der Waals surface area contributed by atoms with Crippen molar-refractivity contribution in [2.45, 2.75) is 39.0 Å². The van der Waals surface area contributed by atoms with E-state index in [1.807, 2.05) is 62.0 Å². The molecule has 3 heterocycles. The summed E-state index contributed by atoms with van der Waals surface area (Å²) in [7, 11) is 1.91. The van der Waals surface area contributed by atoms with Gasteiger partial charge in [0.15, 0.2) is 0 Å². The van der Waals surface area contributed by atoms with Crippen LogP contribution in [0.1, 0.15) is 60.9 Å². The lowest BCUT2D eigenvalue weighted by molar-refractivity contribution is -0.119. The van der Waals surface area contributed by atoms with E-state index < -0.39 is 6.04 Å². The van der Waals surface area contributed by atoms with Crippen LogP contribution in [-0.4, -0.2) is 68.6 Å². The van der Waals surface area contributed by atoms with Gasteiger partial charge in [-0.1, -0.05) is 23.7 Å². The standard InChI is InChI=1S/C29H33ClN6O3/c1-18(2)39-29(38)36-12-10-35(11-13-36)28-22-8-7-21(30)15-23(22)24(14-20-6-5-9-32-26(20)28)27(33-19(3)37)25-16-31-17-34(25)4/h5-9,14-18,27-28H,10-13H2,1-4H3,(H,33,37)/t27?,28-/m0/s1. The molecule has 1 aromatic carbocycles. The predicted molar refractivity (Wildman–Crippen MR) is 150 cm³/mol. The van der Waals surface area contributed by atoms with Gasteiger partial charge in [-0.2, -0.15) is 0 Å². The molecule has 1 saturated heterocycles. The molecule has 9 nitrogen and oxygen atoms in total. The van der Waals surface area contributed by atoms with Crippen LogP contribution in [0.4, 0.5) is 4.79 Å². The van der Waals surface area contributed by atoms with Crippen LogP contribution in [-0.2, 0) is 16.6 Å². The zero-order valence-corrected chi connectivity index (χ0v) is 23.4.